The molecule has 0 aromatic heterocycles. The topological polar surface area (TPSA) is 34.2 Å². The van der Waals surface area contributed by atoms with Crippen LogP contribution in [0.1, 0.15) is 19.3 Å². The SMILES string of the molecule is FC(F)Oc1ccc(SN2CCOC3(CCN(C4CC5(COC5)C4)C3)C2)cc1. The van der Waals surface area contributed by atoms with Crippen molar-refractivity contribution in [3.8, 4) is 5.75 Å². The van der Waals surface area contributed by atoms with Crippen LogP contribution in [-0.2, 0) is 9.47 Å². The second-order valence-corrected chi connectivity index (χ2v) is 9.78. The molecule has 2 spiro atoms. The van der Waals surface area contributed by atoms with E-state index in [0.29, 0.717) is 11.5 Å². The molecular formula is C20H26F2N2O3S. The molecular weight excluding hydrogens is 386 g/mol. The highest BCUT2D eigenvalue weighted by atomic mass is 32.2. The van der Waals surface area contributed by atoms with Gasteiger partial charge in [-0.1, -0.05) is 0 Å². The number of rotatable bonds is 5. The summed E-state index contributed by atoms with van der Waals surface area (Å²) >= 11 is 1.67. The van der Waals surface area contributed by atoms with Crippen molar-refractivity contribution in [1.82, 2.24) is 9.21 Å². The van der Waals surface area contributed by atoms with Crippen molar-refractivity contribution in [2.24, 2.45) is 5.41 Å². The van der Waals surface area contributed by atoms with E-state index in [-0.39, 0.29) is 11.4 Å². The van der Waals surface area contributed by atoms with Crippen LogP contribution in [0.2, 0.25) is 0 Å². The Labute approximate surface area is 168 Å². The zero-order valence-electron chi connectivity index (χ0n) is 15.8. The van der Waals surface area contributed by atoms with Crippen LogP contribution < -0.4 is 4.74 Å². The fourth-order valence-electron chi connectivity index (χ4n) is 4.98. The fourth-order valence-corrected chi connectivity index (χ4v) is 6.00. The van der Waals surface area contributed by atoms with E-state index in [1.807, 2.05) is 12.1 Å². The molecule has 3 aliphatic heterocycles. The summed E-state index contributed by atoms with van der Waals surface area (Å²) in [5, 5.41) is 0. The molecule has 8 heteroatoms. The second-order valence-electron chi connectivity index (χ2n) is 8.61. The molecule has 4 fully saturated rings. The monoisotopic (exact) mass is 412 g/mol. The molecule has 4 aliphatic rings. The van der Waals surface area contributed by atoms with Gasteiger partial charge >= 0.3 is 6.61 Å². The van der Waals surface area contributed by atoms with Crippen LogP contribution in [0.5, 0.6) is 5.75 Å². The van der Waals surface area contributed by atoms with Crippen molar-refractivity contribution in [2.45, 2.75) is 42.4 Å². The Morgan fingerprint density at radius 3 is 2.57 bits per heavy atom. The average molecular weight is 413 g/mol. The van der Waals surface area contributed by atoms with Gasteiger partial charge in [0.1, 0.15) is 5.75 Å². The first-order chi connectivity index (χ1) is 13.5. The van der Waals surface area contributed by atoms with Crippen LogP contribution in [0, 0.1) is 5.41 Å². The molecule has 28 heavy (non-hydrogen) atoms. The van der Waals surface area contributed by atoms with E-state index >= 15 is 0 Å². The van der Waals surface area contributed by atoms with Crippen molar-refractivity contribution >= 4 is 11.9 Å². The van der Waals surface area contributed by atoms with Gasteiger partial charge in [0.15, 0.2) is 0 Å². The number of benzene rings is 1. The molecule has 1 saturated carbocycles. The molecule has 1 aliphatic carbocycles. The van der Waals surface area contributed by atoms with Gasteiger partial charge in [-0.3, -0.25) is 4.90 Å². The van der Waals surface area contributed by atoms with Crippen LogP contribution in [0.4, 0.5) is 8.78 Å². The minimum absolute atomic E-state index is 0.0805. The fraction of sp³-hybridized carbons (Fsp3) is 0.700. The minimum atomic E-state index is -2.79. The Balaban J connectivity index is 1.15. The highest BCUT2D eigenvalue weighted by molar-refractivity contribution is 7.97. The van der Waals surface area contributed by atoms with E-state index in [1.165, 1.54) is 12.8 Å². The van der Waals surface area contributed by atoms with Crippen molar-refractivity contribution in [2.75, 3.05) is 46.0 Å². The molecule has 3 heterocycles. The molecule has 3 saturated heterocycles. The highest BCUT2D eigenvalue weighted by Gasteiger charge is 2.54. The number of hydrogen-bond acceptors (Lipinski definition) is 6. The van der Waals surface area contributed by atoms with Gasteiger partial charge in [0, 0.05) is 42.5 Å². The van der Waals surface area contributed by atoms with Crippen LogP contribution in [0.25, 0.3) is 0 Å². The van der Waals surface area contributed by atoms with Crippen LogP contribution in [-0.4, -0.2) is 73.5 Å². The molecule has 5 nitrogen and oxygen atoms in total. The third-order valence-corrected chi connectivity index (χ3v) is 7.57. The zero-order valence-corrected chi connectivity index (χ0v) is 16.6. The average Bonchev–Trinajstić information content (AvgIpc) is 2.97. The normalized spacial score (nSPS) is 30.7. The lowest BCUT2D eigenvalue weighted by Gasteiger charge is -2.56. The Morgan fingerprint density at radius 1 is 1.11 bits per heavy atom. The van der Waals surface area contributed by atoms with E-state index in [4.69, 9.17) is 9.47 Å². The van der Waals surface area contributed by atoms with Gasteiger partial charge in [0.05, 0.1) is 25.4 Å². The maximum absolute atomic E-state index is 12.3. The maximum atomic E-state index is 12.3. The van der Waals surface area contributed by atoms with Gasteiger partial charge in [0.2, 0.25) is 0 Å². The van der Waals surface area contributed by atoms with Gasteiger partial charge in [-0.25, -0.2) is 4.31 Å². The van der Waals surface area contributed by atoms with E-state index in [9.17, 15) is 8.78 Å². The van der Waals surface area contributed by atoms with Crippen molar-refractivity contribution in [1.29, 1.82) is 0 Å². The van der Waals surface area contributed by atoms with Crippen LogP contribution in [0.15, 0.2) is 29.2 Å². The van der Waals surface area contributed by atoms with Gasteiger partial charge < -0.3 is 14.2 Å². The first kappa shape index (κ1) is 19.1. The summed E-state index contributed by atoms with van der Waals surface area (Å²) < 4.78 is 43.0. The molecule has 0 amide bonds. The van der Waals surface area contributed by atoms with Crippen molar-refractivity contribution in [3.63, 3.8) is 0 Å². The minimum Gasteiger partial charge on any atom is -0.435 e. The molecule has 154 valence electrons. The predicted octanol–water partition coefficient (Wildman–Crippen LogP) is 3.25. The number of hydrogen-bond donors (Lipinski definition) is 0. The van der Waals surface area contributed by atoms with E-state index in [2.05, 4.69) is 13.9 Å². The van der Waals surface area contributed by atoms with E-state index in [0.717, 1.165) is 57.3 Å². The molecule has 1 aromatic carbocycles. The highest BCUT2D eigenvalue weighted by Crippen LogP contribution is 2.50. The summed E-state index contributed by atoms with van der Waals surface area (Å²) in [5.74, 6) is 0.194. The summed E-state index contributed by atoms with van der Waals surface area (Å²) in [4.78, 5) is 3.65. The maximum Gasteiger partial charge on any atom is 0.387 e. The number of halogens is 2. The molecule has 1 unspecified atom stereocenters. The Bertz CT molecular complexity index is 695. The molecule has 0 N–H and O–H groups in total. The predicted molar refractivity (Wildman–Crippen MR) is 102 cm³/mol. The van der Waals surface area contributed by atoms with Gasteiger partial charge in [-0.2, -0.15) is 8.78 Å². The van der Waals surface area contributed by atoms with Gasteiger partial charge in [-0.05, 0) is 55.5 Å². The van der Waals surface area contributed by atoms with Crippen LogP contribution >= 0.6 is 11.9 Å². The van der Waals surface area contributed by atoms with E-state index in [1.54, 1.807) is 24.1 Å². The van der Waals surface area contributed by atoms with Crippen molar-refractivity contribution < 1.29 is 23.0 Å². The summed E-state index contributed by atoms with van der Waals surface area (Å²) in [6.45, 7) is 3.72. The van der Waals surface area contributed by atoms with Crippen LogP contribution in [0.3, 0.4) is 0 Å². The molecule has 0 radical (unpaired) electrons. The zero-order chi connectivity index (χ0) is 19.2. The third kappa shape index (κ3) is 3.77. The number of nitrogens with zero attached hydrogens (tertiary/aromatic N) is 2. The first-order valence-electron chi connectivity index (χ1n) is 9.97. The summed E-state index contributed by atoms with van der Waals surface area (Å²) in [7, 11) is 0. The lowest BCUT2D eigenvalue weighted by Crippen LogP contribution is -2.60. The van der Waals surface area contributed by atoms with Gasteiger partial charge in [0.25, 0.3) is 0 Å². The number of likely N-dealkylation sites (tertiary alicyclic amines) is 1. The van der Waals surface area contributed by atoms with E-state index < -0.39 is 6.61 Å². The Hall–Kier alpha value is -0.930. The third-order valence-electron chi connectivity index (χ3n) is 6.51. The first-order valence-corrected chi connectivity index (χ1v) is 10.7. The lowest BCUT2D eigenvalue weighted by atomic mass is 9.63. The summed E-state index contributed by atoms with van der Waals surface area (Å²) in [6.07, 6.45) is 3.62. The van der Waals surface area contributed by atoms with Gasteiger partial charge in [-0.15, -0.1) is 0 Å². The second kappa shape index (κ2) is 7.40. The molecule has 1 atom stereocenters. The molecule has 0 bridgehead atoms. The summed E-state index contributed by atoms with van der Waals surface area (Å²) in [6, 6.07) is 7.55. The Kier molecular flexibility index (Phi) is 5.03. The Morgan fingerprint density at radius 2 is 1.89 bits per heavy atom. The number of alkyl halides is 2. The summed E-state index contributed by atoms with van der Waals surface area (Å²) in [5.41, 5.74) is 0.415. The number of morpholine rings is 1. The standard InChI is InChI=1S/C20H26F2N2O3S/c21-18(22)27-16-1-3-17(4-2-16)28-24-7-8-26-20(12-24)5-6-23(11-20)15-9-19(10-15)13-25-14-19/h1-4,15,18H,5-14H2. The number of ether oxygens (including phenoxy) is 3. The quantitative estimate of drug-likeness (QED) is 0.691. The smallest absolute Gasteiger partial charge is 0.387 e. The largest absolute Gasteiger partial charge is 0.435 e. The van der Waals surface area contributed by atoms with Crippen molar-refractivity contribution in [3.05, 3.63) is 24.3 Å². The lowest BCUT2D eigenvalue weighted by molar-refractivity contribution is -0.185. The molecule has 5 rings (SSSR count). The molecule has 1 aromatic rings.